The summed E-state index contributed by atoms with van der Waals surface area (Å²) in [5.41, 5.74) is 1.94. The highest BCUT2D eigenvalue weighted by Crippen LogP contribution is 2.26. The van der Waals surface area contributed by atoms with E-state index in [1.807, 2.05) is 19.9 Å². The third kappa shape index (κ3) is 4.05. The zero-order chi connectivity index (χ0) is 18.8. The van der Waals surface area contributed by atoms with Gasteiger partial charge >= 0.3 is 0 Å². The average molecular weight is 374 g/mol. The molecular weight excluding hydrogens is 347 g/mol. The van der Waals surface area contributed by atoms with Gasteiger partial charge in [0.2, 0.25) is 0 Å². The van der Waals surface area contributed by atoms with E-state index in [4.69, 9.17) is 4.52 Å². The highest BCUT2D eigenvalue weighted by Gasteiger charge is 2.33. The first-order valence-corrected chi connectivity index (χ1v) is 9.71. The first-order chi connectivity index (χ1) is 13.1. The van der Waals surface area contributed by atoms with Crippen LogP contribution in [0.3, 0.4) is 0 Å². The van der Waals surface area contributed by atoms with Crippen LogP contribution in [0.25, 0.3) is 0 Å². The highest BCUT2D eigenvalue weighted by molar-refractivity contribution is 5.49. The van der Waals surface area contributed by atoms with Crippen LogP contribution in [0.5, 0.6) is 0 Å². The van der Waals surface area contributed by atoms with Gasteiger partial charge in [0.1, 0.15) is 29.9 Å². The van der Waals surface area contributed by atoms with Crippen molar-refractivity contribution in [3.63, 3.8) is 0 Å². The van der Waals surface area contributed by atoms with Gasteiger partial charge in [0.25, 0.3) is 0 Å². The largest absolute Gasteiger partial charge is 0.368 e. The lowest BCUT2D eigenvalue weighted by molar-refractivity contribution is 0.239. The van der Waals surface area contributed by atoms with E-state index in [-0.39, 0.29) is 6.04 Å². The fourth-order valence-corrected chi connectivity index (χ4v) is 4.04. The minimum absolute atomic E-state index is 0.110. The van der Waals surface area contributed by atoms with Crippen molar-refractivity contribution in [1.82, 2.24) is 20.0 Å². The topological polar surface area (TPSA) is 70.3 Å². The van der Waals surface area contributed by atoms with Gasteiger partial charge in [-0.25, -0.2) is 14.4 Å². The molecule has 1 N–H and O–H groups in total. The molecule has 2 aromatic heterocycles. The number of nitrogens with zero attached hydrogens (tertiary/aromatic N) is 5. The van der Waals surface area contributed by atoms with Crippen molar-refractivity contribution in [2.45, 2.75) is 51.9 Å². The van der Waals surface area contributed by atoms with Crippen LogP contribution in [0, 0.1) is 13.8 Å². The van der Waals surface area contributed by atoms with E-state index in [0.29, 0.717) is 26.1 Å². The van der Waals surface area contributed by atoms with E-state index in [1.54, 1.807) is 6.33 Å². The lowest BCUT2D eigenvalue weighted by atomic mass is 10.1. The van der Waals surface area contributed by atoms with Crippen molar-refractivity contribution in [3.8, 4) is 0 Å². The second kappa shape index (κ2) is 7.80. The Hall–Kier alpha value is -2.22. The number of rotatable bonds is 6. The molecule has 4 rings (SSSR count). The van der Waals surface area contributed by atoms with Crippen LogP contribution in [0.2, 0.25) is 0 Å². The second-order valence-electron chi connectivity index (χ2n) is 7.56. The van der Waals surface area contributed by atoms with Crippen LogP contribution in [0.15, 0.2) is 16.9 Å². The molecule has 2 aromatic rings. The minimum atomic E-state index is -0.803. The number of halogens is 1. The molecule has 0 spiro atoms. The number of hydrogen-bond donors (Lipinski definition) is 1. The molecule has 2 fully saturated rings. The lowest BCUT2D eigenvalue weighted by Gasteiger charge is -2.24. The Morgan fingerprint density at radius 1 is 1.26 bits per heavy atom. The minimum Gasteiger partial charge on any atom is -0.368 e. The number of aryl methyl sites for hydroxylation is 2. The molecule has 0 aromatic carbocycles. The predicted molar refractivity (Wildman–Crippen MR) is 102 cm³/mol. The van der Waals surface area contributed by atoms with Crippen molar-refractivity contribution in [2.24, 2.45) is 0 Å². The average Bonchev–Trinajstić information content (AvgIpc) is 3.38. The van der Waals surface area contributed by atoms with Gasteiger partial charge in [0.05, 0.1) is 5.69 Å². The Morgan fingerprint density at radius 3 is 2.81 bits per heavy atom. The predicted octanol–water partition coefficient (Wildman–Crippen LogP) is 2.71. The van der Waals surface area contributed by atoms with Crippen molar-refractivity contribution in [1.29, 1.82) is 0 Å². The molecular formula is C19H27FN6O. The molecule has 0 unspecified atom stereocenters. The summed E-state index contributed by atoms with van der Waals surface area (Å²) in [7, 11) is 0. The summed E-state index contributed by atoms with van der Waals surface area (Å²) in [6.07, 6.45) is 3.75. The van der Waals surface area contributed by atoms with Crippen LogP contribution in [0.1, 0.15) is 36.3 Å². The molecule has 8 heteroatoms. The van der Waals surface area contributed by atoms with Crippen LogP contribution in [-0.4, -0.2) is 58.4 Å². The second-order valence-corrected chi connectivity index (χ2v) is 7.56. The Kier molecular flexibility index (Phi) is 5.24. The SMILES string of the molecule is Cc1noc(C)c1CN1C[C@@H](F)C[C@H]1CNc1cc(N2CCCC2)ncn1. The maximum atomic E-state index is 14.1. The molecule has 27 heavy (non-hydrogen) atoms. The Balaban J connectivity index is 1.40. The molecule has 146 valence electrons. The first-order valence-electron chi connectivity index (χ1n) is 9.71. The molecule has 2 aliphatic rings. The molecule has 0 bridgehead atoms. The number of aromatic nitrogens is 3. The summed E-state index contributed by atoms with van der Waals surface area (Å²) in [4.78, 5) is 13.2. The number of anilines is 2. The number of alkyl halides is 1. The summed E-state index contributed by atoms with van der Waals surface area (Å²) < 4.78 is 19.4. The Bertz CT molecular complexity index is 756. The molecule has 0 radical (unpaired) electrons. The van der Waals surface area contributed by atoms with Crippen LogP contribution >= 0.6 is 0 Å². The fourth-order valence-electron chi connectivity index (χ4n) is 4.04. The summed E-state index contributed by atoms with van der Waals surface area (Å²) in [5, 5.41) is 7.40. The number of nitrogens with one attached hydrogen (secondary N) is 1. The maximum Gasteiger partial charge on any atom is 0.138 e. The van der Waals surface area contributed by atoms with E-state index < -0.39 is 6.17 Å². The standard InChI is InChI=1S/C19H27FN6O/c1-13-17(14(2)27-24-13)11-26-10-15(20)7-16(26)9-21-18-8-19(23-12-22-18)25-5-3-4-6-25/h8,12,15-16H,3-7,9-11H2,1-2H3,(H,21,22,23)/t15-,16-/m0/s1. The van der Waals surface area contributed by atoms with E-state index in [1.165, 1.54) is 12.8 Å². The van der Waals surface area contributed by atoms with Crippen molar-refractivity contribution < 1.29 is 8.91 Å². The van der Waals surface area contributed by atoms with Gasteiger partial charge in [0.15, 0.2) is 0 Å². The molecule has 0 amide bonds. The molecule has 4 heterocycles. The molecule has 7 nitrogen and oxygen atoms in total. The third-order valence-corrected chi connectivity index (χ3v) is 5.62. The van der Waals surface area contributed by atoms with E-state index in [0.717, 1.165) is 41.7 Å². The summed E-state index contributed by atoms with van der Waals surface area (Å²) in [6, 6.07) is 2.10. The number of hydrogen-bond acceptors (Lipinski definition) is 7. The van der Waals surface area contributed by atoms with E-state index in [9.17, 15) is 4.39 Å². The quantitative estimate of drug-likeness (QED) is 0.833. The van der Waals surface area contributed by atoms with Crippen molar-refractivity contribution in [2.75, 3.05) is 36.4 Å². The monoisotopic (exact) mass is 374 g/mol. The molecule has 2 aliphatic heterocycles. The zero-order valence-electron chi connectivity index (χ0n) is 16.0. The van der Waals surface area contributed by atoms with Crippen LogP contribution in [0.4, 0.5) is 16.0 Å². The zero-order valence-corrected chi connectivity index (χ0v) is 16.0. The van der Waals surface area contributed by atoms with Gasteiger partial charge in [-0.05, 0) is 33.1 Å². The first kappa shape index (κ1) is 18.2. The summed E-state index contributed by atoms with van der Waals surface area (Å²) in [6.45, 7) is 7.70. The Morgan fingerprint density at radius 2 is 2.07 bits per heavy atom. The lowest BCUT2D eigenvalue weighted by Crippen LogP contribution is -2.35. The number of likely N-dealkylation sites (tertiary alicyclic amines) is 1. The smallest absolute Gasteiger partial charge is 0.138 e. The summed E-state index contributed by atoms with van der Waals surface area (Å²) >= 11 is 0. The van der Waals surface area contributed by atoms with E-state index in [2.05, 4.69) is 30.2 Å². The highest BCUT2D eigenvalue weighted by atomic mass is 19.1. The van der Waals surface area contributed by atoms with Gasteiger partial charge in [0, 0.05) is 50.4 Å². The normalized spacial score (nSPS) is 23.3. The van der Waals surface area contributed by atoms with Gasteiger partial charge < -0.3 is 14.7 Å². The summed E-state index contributed by atoms with van der Waals surface area (Å²) in [5.74, 6) is 2.58. The molecule has 2 saturated heterocycles. The fraction of sp³-hybridized carbons (Fsp3) is 0.632. The molecule has 0 aliphatic carbocycles. The van der Waals surface area contributed by atoms with Gasteiger partial charge in [-0.1, -0.05) is 5.16 Å². The van der Waals surface area contributed by atoms with Crippen molar-refractivity contribution in [3.05, 3.63) is 29.4 Å². The molecule has 0 saturated carbocycles. The van der Waals surface area contributed by atoms with E-state index >= 15 is 0 Å². The van der Waals surface area contributed by atoms with Crippen LogP contribution in [-0.2, 0) is 6.54 Å². The van der Waals surface area contributed by atoms with Gasteiger partial charge in [-0.15, -0.1) is 0 Å². The Labute approximate surface area is 158 Å². The van der Waals surface area contributed by atoms with Gasteiger partial charge in [-0.2, -0.15) is 0 Å². The van der Waals surface area contributed by atoms with Crippen LogP contribution < -0.4 is 10.2 Å². The molecule has 2 atom stereocenters. The van der Waals surface area contributed by atoms with Gasteiger partial charge in [-0.3, -0.25) is 4.90 Å². The maximum absolute atomic E-state index is 14.1. The third-order valence-electron chi connectivity index (χ3n) is 5.62. The van der Waals surface area contributed by atoms with Crippen molar-refractivity contribution >= 4 is 11.6 Å².